The van der Waals surface area contributed by atoms with Gasteiger partial charge in [-0.1, -0.05) is 6.08 Å². The first-order chi connectivity index (χ1) is 11.7. The lowest BCUT2D eigenvalue weighted by molar-refractivity contribution is 0.414. The lowest BCUT2D eigenvalue weighted by Crippen LogP contribution is -2.37. The number of fused-ring (bicyclic) bond motifs is 2. The molecule has 0 saturated carbocycles. The standard InChI is InChI=1S/C17H16N4O2S/c1-23-17-8-12(24(2)22)3-4-16(17)21-6-5-11-7-14-15(19-10-18-14)9-13(11)20-21/h3-5,7-10,20H,6H2,1-2H3. The minimum Gasteiger partial charge on any atom is -0.612 e. The minimum atomic E-state index is -1.04. The summed E-state index contributed by atoms with van der Waals surface area (Å²) in [4.78, 5) is 9.22. The fourth-order valence-electron chi connectivity index (χ4n) is 2.82. The van der Waals surface area contributed by atoms with Crippen molar-refractivity contribution in [3.05, 3.63) is 40.9 Å². The second-order valence-electron chi connectivity index (χ2n) is 5.52. The van der Waals surface area contributed by atoms with Crippen molar-refractivity contribution in [3.8, 4) is 5.75 Å². The molecule has 2 aromatic rings. The van der Waals surface area contributed by atoms with E-state index in [4.69, 9.17) is 4.74 Å². The summed E-state index contributed by atoms with van der Waals surface area (Å²) in [5.74, 6) is 0.682. The van der Waals surface area contributed by atoms with Crippen LogP contribution in [0.5, 0.6) is 5.75 Å². The van der Waals surface area contributed by atoms with Crippen LogP contribution in [-0.4, -0.2) is 30.8 Å². The van der Waals surface area contributed by atoms with E-state index in [9.17, 15) is 4.55 Å². The Morgan fingerprint density at radius 1 is 1.29 bits per heavy atom. The average Bonchev–Trinajstić information content (AvgIpc) is 3.05. The van der Waals surface area contributed by atoms with Gasteiger partial charge in [0.2, 0.25) is 0 Å². The van der Waals surface area contributed by atoms with Crippen molar-refractivity contribution < 1.29 is 9.29 Å². The van der Waals surface area contributed by atoms with Crippen molar-refractivity contribution in [2.24, 2.45) is 9.98 Å². The molecule has 2 aromatic carbocycles. The molecule has 0 fully saturated rings. The van der Waals surface area contributed by atoms with Crippen molar-refractivity contribution in [3.63, 3.8) is 0 Å². The van der Waals surface area contributed by atoms with E-state index >= 15 is 0 Å². The smallest absolute Gasteiger partial charge is 0.156 e. The number of nitrogens with one attached hydrogen (secondary N) is 1. The van der Waals surface area contributed by atoms with Gasteiger partial charge in [0.1, 0.15) is 18.3 Å². The van der Waals surface area contributed by atoms with E-state index in [0.717, 1.165) is 32.5 Å². The monoisotopic (exact) mass is 340 g/mol. The van der Waals surface area contributed by atoms with E-state index in [0.29, 0.717) is 12.3 Å². The second kappa shape index (κ2) is 5.85. The maximum Gasteiger partial charge on any atom is 0.156 e. The van der Waals surface area contributed by atoms with Gasteiger partial charge in [-0.05, 0) is 40.7 Å². The number of anilines is 2. The molecule has 1 N–H and O–H groups in total. The summed E-state index contributed by atoms with van der Waals surface area (Å²) in [7, 11) is 1.62. The summed E-state index contributed by atoms with van der Waals surface area (Å²) in [5.41, 5.74) is 6.16. The van der Waals surface area contributed by atoms with Crippen LogP contribution in [0.4, 0.5) is 17.1 Å². The number of benzene rings is 2. The number of nitrogens with zero attached hydrogens (tertiary/aromatic N) is 3. The van der Waals surface area contributed by atoms with Crippen LogP contribution >= 0.6 is 0 Å². The molecule has 2 heterocycles. The van der Waals surface area contributed by atoms with E-state index in [1.807, 2.05) is 35.3 Å². The Morgan fingerprint density at radius 2 is 2.17 bits per heavy atom. The molecule has 7 heteroatoms. The lowest BCUT2D eigenvalue weighted by atomic mass is 10.2. The Bertz CT molecular complexity index is 956. The first kappa shape index (κ1) is 15.0. The third-order valence-corrected chi connectivity index (χ3v) is 4.98. The fourth-order valence-corrected chi connectivity index (χ4v) is 3.35. The predicted molar refractivity (Wildman–Crippen MR) is 96.1 cm³/mol. The zero-order chi connectivity index (χ0) is 16.7. The van der Waals surface area contributed by atoms with E-state index in [1.54, 1.807) is 19.7 Å². The molecule has 0 saturated heterocycles. The molecular weight excluding hydrogens is 324 g/mol. The molecule has 0 spiro atoms. The maximum atomic E-state index is 11.7. The van der Waals surface area contributed by atoms with Crippen LogP contribution in [-0.2, 0) is 11.2 Å². The van der Waals surface area contributed by atoms with Crippen LogP contribution in [0.15, 0.2) is 45.2 Å². The van der Waals surface area contributed by atoms with Crippen molar-refractivity contribution >= 4 is 40.7 Å². The normalized spacial score (nSPS) is 15.7. The zero-order valence-corrected chi connectivity index (χ0v) is 14.1. The number of ether oxygens (including phenoxy) is 1. The van der Waals surface area contributed by atoms with E-state index in [1.165, 1.54) is 0 Å². The van der Waals surface area contributed by atoms with Gasteiger partial charge in [0.05, 0.1) is 36.1 Å². The van der Waals surface area contributed by atoms with Gasteiger partial charge in [0, 0.05) is 6.07 Å². The van der Waals surface area contributed by atoms with Crippen LogP contribution in [0.2, 0.25) is 0 Å². The van der Waals surface area contributed by atoms with Gasteiger partial charge in [0.15, 0.2) is 4.90 Å². The molecule has 24 heavy (non-hydrogen) atoms. The molecule has 0 aliphatic carbocycles. The van der Waals surface area contributed by atoms with Gasteiger partial charge in [-0.15, -0.1) is 0 Å². The summed E-state index contributed by atoms with van der Waals surface area (Å²) in [5, 5.41) is 3.95. The molecule has 4 rings (SSSR count). The molecule has 0 bridgehead atoms. The second-order valence-corrected chi connectivity index (χ2v) is 6.90. The van der Waals surface area contributed by atoms with Crippen molar-refractivity contribution in [1.82, 2.24) is 0 Å². The average molecular weight is 340 g/mol. The summed E-state index contributed by atoms with van der Waals surface area (Å²) < 4.78 is 17.2. The lowest BCUT2D eigenvalue weighted by Gasteiger charge is -2.30. The third-order valence-electron chi connectivity index (χ3n) is 4.06. The molecule has 0 radical (unpaired) electrons. The highest BCUT2D eigenvalue weighted by Gasteiger charge is 2.18. The maximum absolute atomic E-state index is 11.7. The highest BCUT2D eigenvalue weighted by atomic mass is 32.2. The molecule has 2 aliphatic heterocycles. The van der Waals surface area contributed by atoms with Crippen LogP contribution in [0, 0.1) is 0 Å². The topological polar surface area (TPSA) is 72.3 Å². The molecule has 0 aromatic heterocycles. The van der Waals surface area contributed by atoms with E-state index < -0.39 is 11.2 Å². The van der Waals surface area contributed by atoms with Crippen LogP contribution in [0.1, 0.15) is 0 Å². The summed E-state index contributed by atoms with van der Waals surface area (Å²) in [6.07, 6.45) is 5.36. The largest absolute Gasteiger partial charge is 0.612 e. The molecule has 1 atom stereocenters. The highest BCUT2D eigenvalue weighted by Crippen LogP contribution is 2.31. The van der Waals surface area contributed by atoms with Gasteiger partial charge in [-0.2, -0.15) is 0 Å². The van der Waals surface area contributed by atoms with Crippen molar-refractivity contribution in [1.29, 1.82) is 0 Å². The molecule has 1 unspecified atom stereocenters. The van der Waals surface area contributed by atoms with Crippen molar-refractivity contribution in [2.75, 3.05) is 30.3 Å². The van der Waals surface area contributed by atoms with E-state index in [2.05, 4.69) is 21.5 Å². The Kier molecular flexibility index (Phi) is 3.66. The minimum absolute atomic E-state index is 0.678. The quantitative estimate of drug-likeness (QED) is 0.856. The number of hydrogen-bond acceptors (Lipinski definition) is 6. The summed E-state index contributed by atoms with van der Waals surface area (Å²) >= 11 is -1.04. The van der Waals surface area contributed by atoms with Gasteiger partial charge in [-0.25, -0.2) is 9.98 Å². The molecule has 6 nitrogen and oxygen atoms in total. The van der Waals surface area contributed by atoms with Gasteiger partial charge >= 0.3 is 0 Å². The van der Waals surface area contributed by atoms with Crippen LogP contribution < -0.4 is 25.7 Å². The zero-order valence-electron chi connectivity index (χ0n) is 13.3. The Balaban J connectivity index is 1.70. The highest BCUT2D eigenvalue weighted by molar-refractivity contribution is 7.90. The molecule has 2 aliphatic rings. The van der Waals surface area contributed by atoms with Gasteiger partial charge < -0.3 is 9.29 Å². The number of aliphatic imine (C=N–C) groups is 1. The SMILES string of the molecule is COc1cc([S+](C)[O-])ccc1N1CC=c2cc3c(cc2N1)=NC=N3. The first-order valence-electron chi connectivity index (χ1n) is 7.46. The number of rotatable bonds is 3. The van der Waals surface area contributed by atoms with Gasteiger partial charge in [-0.3, -0.25) is 10.4 Å². The van der Waals surface area contributed by atoms with Crippen LogP contribution in [0.3, 0.4) is 0 Å². The Morgan fingerprint density at radius 3 is 2.96 bits per heavy atom. The molecule has 122 valence electrons. The molecule has 0 amide bonds. The van der Waals surface area contributed by atoms with E-state index in [-0.39, 0.29) is 0 Å². The van der Waals surface area contributed by atoms with Crippen molar-refractivity contribution in [2.45, 2.75) is 4.90 Å². The summed E-state index contributed by atoms with van der Waals surface area (Å²) in [6.45, 7) is 0.678. The third kappa shape index (κ3) is 2.51. The number of hydrazine groups is 1. The Labute approximate surface area is 142 Å². The molecular formula is C17H16N4O2S. The Hall–Kier alpha value is -2.51. The number of methoxy groups -OCH3 is 1. The first-order valence-corrected chi connectivity index (χ1v) is 9.02. The predicted octanol–water partition coefficient (Wildman–Crippen LogP) is 1.35. The fraction of sp³-hybridized carbons (Fsp3) is 0.176. The number of hydrogen-bond donors (Lipinski definition) is 1. The van der Waals surface area contributed by atoms with Crippen LogP contribution in [0.25, 0.3) is 6.08 Å². The van der Waals surface area contributed by atoms with Gasteiger partial charge in [0.25, 0.3) is 0 Å². The summed E-state index contributed by atoms with van der Waals surface area (Å²) in [6, 6.07) is 9.61.